The summed E-state index contributed by atoms with van der Waals surface area (Å²) < 4.78 is 12.5. The van der Waals surface area contributed by atoms with Crippen molar-refractivity contribution in [1.29, 1.82) is 0 Å². The molecule has 0 saturated heterocycles. The highest BCUT2D eigenvalue weighted by Crippen LogP contribution is 2.22. The Bertz CT molecular complexity index is 1270. The molecule has 0 aliphatic heterocycles. The second kappa shape index (κ2) is 6.39. The quantitative estimate of drug-likeness (QED) is 0.522. The highest BCUT2D eigenvalue weighted by Gasteiger charge is 2.20. The van der Waals surface area contributed by atoms with Crippen LogP contribution in [-0.2, 0) is 0 Å². The van der Waals surface area contributed by atoms with E-state index in [1.54, 1.807) is 25.1 Å². The first-order valence-electron chi connectivity index (χ1n) is 8.60. The molecule has 27 heavy (non-hydrogen) atoms. The molecule has 0 radical (unpaired) electrons. The number of hydrogen-bond acceptors (Lipinski definition) is 5. The lowest BCUT2D eigenvalue weighted by molar-refractivity contribution is 0.414. The highest BCUT2D eigenvalue weighted by atomic mass is 16.5. The van der Waals surface area contributed by atoms with Gasteiger partial charge in [0.2, 0.25) is 11.1 Å². The first kappa shape index (κ1) is 17.0. The molecule has 0 unspecified atom stereocenters. The van der Waals surface area contributed by atoms with E-state index in [0.717, 1.165) is 5.56 Å². The van der Waals surface area contributed by atoms with E-state index >= 15 is 0 Å². The van der Waals surface area contributed by atoms with E-state index in [4.69, 9.17) is 9.15 Å². The van der Waals surface area contributed by atoms with E-state index in [1.165, 1.54) is 11.7 Å². The lowest BCUT2D eigenvalue weighted by atomic mass is 10.1. The molecule has 0 bridgehead atoms. The van der Waals surface area contributed by atoms with Crippen molar-refractivity contribution < 1.29 is 9.15 Å². The van der Waals surface area contributed by atoms with Gasteiger partial charge in [0, 0.05) is 6.07 Å². The Morgan fingerprint density at radius 3 is 2.56 bits per heavy atom. The summed E-state index contributed by atoms with van der Waals surface area (Å²) in [5.41, 5.74) is 0.547. The maximum absolute atomic E-state index is 13.2. The maximum atomic E-state index is 13.2. The highest BCUT2D eigenvalue weighted by molar-refractivity contribution is 5.88. The first-order chi connectivity index (χ1) is 13.0. The van der Waals surface area contributed by atoms with E-state index in [9.17, 15) is 9.59 Å². The minimum atomic E-state index is -0.402. The summed E-state index contributed by atoms with van der Waals surface area (Å²) >= 11 is 0. The number of aryl methyl sites for hydroxylation is 1. The third-order valence-electron chi connectivity index (χ3n) is 4.79. The molecule has 0 aliphatic carbocycles. The maximum Gasteiger partial charge on any atom is 0.269 e. The summed E-state index contributed by atoms with van der Waals surface area (Å²) in [5.74, 6) is 1.04. The fraction of sp³-hybridized carbons (Fsp3) is 0.190. The van der Waals surface area contributed by atoms with E-state index in [-0.39, 0.29) is 22.6 Å². The lowest BCUT2D eigenvalue weighted by Crippen LogP contribution is -2.30. The van der Waals surface area contributed by atoms with Crippen LogP contribution in [-0.4, -0.2) is 16.7 Å². The van der Waals surface area contributed by atoms with Crippen LogP contribution in [0.5, 0.6) is 5.75 Å². The average molecular weight is 362 g/mol. The van der Waals surface area contributed by atoms with Gasteiger partial charge in [0.15, 0.2) is 5.39 Å². The van der Waals surface area contributed by atoms with Crippen LogP contribution in [0.4, 0.5) is 0 Å². The average Bonchev–Trinajstić information content (AvgIpc) is 2.67. The lowest BCUT2D eigenvalue weighted by Gasteiger charge is -2.18. The zero-order chi connectivity index (χ0) is 19.1. The van der Waals surface area contributed by atoms with E-state index in [2.05, 4.69) is 4.98 Å². The van der Waals surface area contributed by atoms with Crippen LogP contribution in [0, 0.1) is 6.92 Å². The van der Waals surface area contributed by atoms with Gasteiger partial charge in [-0.1, -0.05) is 30.3 Å². The van der Waals surface area contributed by atoms with Gasteiger partial charge < -0.3 is 9.15 Å². The van der Waals surface area contributed by atoms with Crippen LogP contribution < -0.4 is 15.7 Å². The molecule has 0 amide bonds. The molecule has 2 heterocycles. The van der Waals surface area contributed by atoms with Crippen LogP contribution in [0.25, 0.3) is 22.1 Å². The minimum Gasteiger partial charge on any atom is -0.497 e. The Balaban J connectivity index is 2.04. The van der Waals surface area contributed by atoms with Gasteiger partial charge in [0.05, 0.1) is 18.5 Å². The molecule has 0 fully saturated rings. The summed E-state index contributed by atoms with van der Waals surface area (Å²) in [5, 5.41) is 0.283. The molecule has 1 atom stereocenters. The van der Waals surface area contributed by atoms with Gasteiger partial charge in [-0.05, 0) is 31.5 Å². The van der Waals surface area contributed by atoms with Crippen molar-refractivity contribution >= 4 is 22.1 Å². The summed E-state index contributed by atoms with van der Waals surface area (Å²) in [6.45, 7) is 3.64. The topological polar surface area (TPSA) is 74.3 Å². The van der Waals surface area contributed by atoms with Gasteiger partial charge in [-0.2, -0.15) is 4.98 Å². The normalized spacial score (nSPS) is 12.4. The molecule has 0 aliphatic rings. The van der Waals surface area contributed by atoms with Crippen LogP contribution >= 0.6 is 0 Å². The second-order valence-corrected chi connectivity index (χ2v) is 6.39. The Kier molecular flexibility index (Phi) is 4.03. The largest absolute Gasteiger partial charge is 0.497 e. The number of aromatic nitrogens is 2. The van der Waals surface area contributed by atoms with Gasteiger partial charge >= 0.3 is 0 Å². The molecule has 136 valence electrons. The predicted octanol–water partition coefficient (Wildman–Crippen LogP) is 3.43. The van der Waals surface area contributed by atoms with Crippen molar-refractivity contribution in [3.05, 3.63) is 80.5 Å². The fourth-order valence-corrected chi connectivity index (χ4v) is 3.36. The zero-order valence-electron chi connectivity index (χ0n) is 15.2. The van der Waals surface area contributed by atoms with Gasteiger partial charge in [-0.3, -0.25) is 14.2 Å². The van der Waals surface area contributed by atoms with Crippen molar-refractivity contribution in [3.8, 4) is 5.75 Å². The monoisotopic (exact) mass is 362 g/mol. The smallest absolute Gasteiger partial charge is 0.269 e. The number of nitrogens with zero attached hydrogens (tertiary/aromatic N) is 2. The van der Waals surface area contributed by atoms with Gasteiger partial charge in [0.25, 0.3) is 5.56 Å². The Hall–Kier alpha value is -3.41. The number of benzene rings is 2. The summed E-state index contributed by atoms with van der Waals surface area (Å²) in [6, 6.07) is 14.2. The number of methoxy groups -OCH3 is 1. The standard InChI is InChI=1S/C21H18N2O4/c1-12(14-7-5-4-6-8-14)23-13(2)22-20-18(21(23)25)19(24)16-10-9-15(26-3)11-17(16)27-20/h4-12H,1-3H3/t12-/m1/s1. The molecule has 6 heteroatoms. The zero-order valence-corrected chi connectivity index (χ0v) is 15.2. The van der Waals surface area contributed by atoms with Crippen LogP contribution in [0.1, 0.15) is 24.4 Å². The molecule has 0 spiro atoms. The number of hydrogen-bond donors (Lipinski definition) is 0. The Morgan fingerprint density at radius 1 is 1.11 bits per heavy atom. The number of rotatable bonds is 3. The number of fused-ring (bicyclic) bond motifs is 2. The van der Waals surface area contributed by atoms with Crippen molar-refractivity contribution in [3.63, 3.8) is 0 Å². The fourth-order valence-electron chi connectivity index (χ4n) is 3.36. The first-order valence-corrected chi connectivity index (χ1v) is 8.60. The third kappa shape index (κ3) is 2.70. The second-order valence-electron chi connectivity index (χ2n) is 6.39. The van der Waals surface area contributed by atoms with E-state index < -0.39 is 5.56 Å². The van der Waals surface area contributed by atoms with Crippen molar-refractivity contribution in [2.75, 3.05) is 7.11 Å². The van der Waals surface area contributed by atoms with Gasteiger partial charge in [-0.15, -0.1) is 0 Å². The molecule has 0 saturated carbocycles. The number of ether oxygens (including phenoxy) is 1. The third-order valence-corrected chi connectivity index (χ3v) is 4.79. The SMILES string of the molecule is COc1ccc2c(=O)c3c(=O)n([C@H](C)c4ccccc4)c(C)nc3oc2c1. The van der Waals surface area contributed by atoms with Crippen LogP contribution in [0.2, 0.25) is 0 Å². The Labute approximate surface area is 154 Å². The molecule has 4 aromatic rings. The van der Waals surface area contributed by atoms with E-state index in [1.807, 2.05) is 37.3 Å². The summed E-state index contributed by atoms with van der Waals surface area (Å²) in [6.07, 6.45) is 0. The van der Waals surface area contributed by atoms with Crippen molar-refractivity contribution in [1.82, 2.24) is 9.55 Å². The van der Waals surface area contributed by atoms with Gasteiger partial charge in [-0.25, -0.2) is 0 Å². The molecule has 6 nitrogen and oxygen atoms in total. The van der Waals surface area contributed by atoms with Crippen molar-refractivity contribution in [2.45, 2.75) is 19.9 Å². The summed E-state index contributed by atoms with van der Waals surface area (Å²) in [4.78, 5) is 30.6. The molecular formula is C21H18N2O4. The Morgan fingerprint density at radius 2 is 1.85 bits per heavy atom. The van der Waals surface area contributed by atoms with E-state index in [0.29, 0.717) is 22.5 Å². The summed E-state index contributed by atoms with van der Waals surface area (Å²) in [7, 11) is 1.53. The van der Waals surface area contributed by atoms with Gasteiger partial charge in [0.1, 0.15) is 17.2 Å². The van der Waals surface area contributed by atoms with Crippen molar-refractivity contribution in [2.24, 2.45) is 0 Å². The molecule has 4 rings (SSSR count). The molecular weight excluding hydrogens is 344 g/mol. The molecule has 2 aromatic heterocycles. The van der Waals surface area contributed by atoms with Crippen LogP contribution in [0.3, 0.4) is 0 Å². The van der Waals surface area contributed by atoms with Crippen LogP contribution in [0.15, 0.2) is 62.5 Å². The molecule has 0 N–H and O–H groups in total. The predicted molar refractivity (Wildman–Crippen MR) is 104 cm³/mol. The minimum absolute atomic E-state index is 0.0407. The molecule has 2 aromatic carbocycles.